The highest BCUT2D eigenvalue weighted by Gasteiger charge is 2.11. The summed E-state index contributed by atoms with van der Waals surface area (Å²) in [6.07, 6.45) is 2.70. The average molecular weight is 460 g/mol. The van der Waals surface area contributed by atoms with Crippen LogP contribution in [0, 0.1) is 0 Å². The number of aryl methyl sites for hydroxylation is 1. The molecule has 0 unspecified atom stereocenters. The van der Waals surface area contributed by atoms with Crippen molar-refractivity contribution < 1.29 is 4.52 Å². The lowest BCUT2D eigenvalue weighted by atomic mass is 10.2. The summed E-state index contributed by atoms with van der Waals surface area (Å²) in [6.45, 7) is 8.41. The number of hydrogen-bond donors (Lipinski definition) is 1. The van der Waals surface area contributed by atoms with Gasteiger partial charge < -0.3 is 19.3 Å². The molecule has 0 bridgehead atoms. The number of guanidine groups is 1. The number of rotatable bonds is 7. The van der Waals surface area contributed by atoms with Crippen molar-refractivity contribution in [3.63, 3.8) is 0 Å². The zero-order chi connectivity index (χ0) is 17.5. The molecule has 1 N–H and O–H groups in total. The van der Waals surface area contributed by atoms with E-state index in [4.69, 9.17) is 4.52 Å². The molecule has 0 aromatic carbocycles. The molecule has 0 aliphatic rings. The maximum Gasteiger partial charge on any atom is 0.228 e. The molecule has 7 nitrogen and oxygen atoms in total. The van der Waals surface area contributed by atoms with E-state index in [1.54, 1.807) is 0 Å². The number of halogens is 1. The number of aromatic nitrogens is 3. The zero-order valence-corrected chi connectivity index (χ0v) is 18.0. The molecule has 0 spiro atoms. The minimum atomic E-state index is 0. The first kappa shape index (κ1) is 21.5. The SMILES string of the molecule is CCNC(=NCCc1nc(C(C)C)no1)N(C)Cc1cccn1C.I. The highest BCUT2D eigenvalue weighted by atomic mass is 127. The van der Waals surface area contributed by atoms with Crippen molar-refractivity contribution in [1.82, 2.24) is 24.9 Å². The molecule has 0 saturated heterocycles. The third kappa shape index (κ3) is 6.33. The summed E-state index contributed by atoms with van der Waals surface area (Å²) in [7, 11) is 4.09. The van der Waals surface area contributed by atoms with Crippen molar-refractivity contribution in [2.24, 2.45) is 12.0 Å². The monoisotopic (exact) mass is 460 g/mol. The maximum absolute atomic E-state index is 5.26. The molecule has 8 heteroatoms. The van der Waals surface area contributed by atoms with Crippen LogP contribution in [0.1, 0.15) is 44.1 Å². The van der Waals surface area contributed by atoms with Gasteiger partial charge in [0.2, 0.25) is 5.89 Å². The Morgan fingerprint density at radius 2 is 2.20 bits per heavy atom. The summed E-state index contributed by atoms with van der Waals surface area (Å²) in [6, 6.07) is 4.17. The highest BCUT2D eigenvalue weighted by Crippen LogP contribution is 2.10. The molecule has 2 rings (SSSR count). The van der Waals surface area contributed by atoms with Crippen LogP contribution in [0.3, 0.4) is 0 Å². The van der Waals surface area contributed by atoms with Crippen LogP contribution < -0.4 is 5.32 Å². The van der Waals surface area contributed by atoms with Crippen LogP contribution in [0.25, 0.3) is 0 Å². The van der Waals surface area contributed by atoms with Gasteiger partial charge in [-0.2, -0.15) is 4.98 Å². The molecule has 2 heterocycles. The van der Waals surface area contributed by atoms with Gasteiger partial charge in [-0.05, 0) is 19.1 Å². The van der Waals surface area contributed by atoms with E-state index < -0.39 is 0 Å². The Morgan fingerprint density at radius 3 is 2.76 bits per heavy atom. The standard InChI is InChI=1S/C17H28N6O.HI/c1-6-18-17(23(5)12-14-8-7-11-22(14)4)19-10-9-15-20-16(13(2)3)21-24-15;/h7-8,11,13H,6,9-10,12H2,1-5H3,(H,18,19);1H. The summed E-state index contributed by atoms with van der Waals surface area (Å²) in [5.41, 5.74) is 1.24. The Kier molecular flexibility index (Phi) is 8.95. The normalized spacial score (nSPS) is 11.5. The molecule has 25 heavy (non-hydrogen) atoms. The van der Waals surface area contributed by atoms with Crippen molar-refractivity contribution in [3.8, 4) is 0 Å². The number of aliphatic imine (C=N–C) groups is 1. The van der Waals surface area contributed by atoms with Gasteiger partial charge in [0.15, 0.2) is 11.8 Å². The summed E-state index contributed by atoms with van der Waals surface area (Å²) < 4.78 is 7.38. The van der Waals surface area contributed by atoms with Gasteiger partial charge in [-0.25, -0.2) is 0 Å². The third-order valence-corrected chi connectivity index (χ3v) is 3.73. The van der Waals surface area contributed by atoms with Crippen molar-refractivity contribution in [3.05, 3.63) is 35.7 Å². The first-order chi connectivity index (χ1) is 11.5. The summed E-state index contributed by atoms with van der Waals surface area (Å²) in [5, 5.41) is 7.31. The molecule has 0 atom stereocenters. The molecule has 2 aromatic heterocycles. The second-order valence-electron chi connectivity index (χ2n) is 6.15. The summed E-state index contributed by atoms with van der Waals surface area (Å²) in [4.78, 5) is 11.2. The molecule has 0 aliphatic carbocycles. The van der Waals surface area contributed by atoms with E-state index in [-0.39, 0.29) is 29.9 Å². The lowest BCUT2D eigenvalue weighted by Gasteiger charge is -2.22. The molecule has 0 aliphatic heterocycles. The Balaban J connectivity index is 0.00000312. The Bertz CT molecular complexity index is 664. The van der Waals surface area contributed by atoms with Gasteiger partial charge in [-0.15, -0.1) is 24.0 Å². The van der Waals surface area contributed by atoms with Crippen LogP contribution in [0.2, 0.25) is 0 Å². The van der Waals surface area contributed by atoms with E-state index in [0.29, 0.717) is 18.9 Å². The predicted octanol–water partition coefficient (Wildman–Crippen LogP) is 2.79. The van der Waals surface area contributed by atoms with Gasteiger partial charge in [0.1, 0.15) is 0 Å². The fourth-order valence-corrected chi connectivity index (χ4v) is 2.31. The second-order valence-corrected chi connectivity index (χ2v) is 6.15. The van der Waals surface area contributed by atoms with E-state index in [1.165, 1.54) is 5.69 Å². The lowest BCUT2D eigenvalue weighted by Crippen LogP contribution is -2.39. The van der Waals surface area contributed by atoms with Crippen molar-refractivity contribution in [2.75, 3.05) is 20.1 Å². The second kappa shape index (κ2) is 10.4. The summed E-state index contributed by atoms with van der Waals surface area (Å²) in [5.74, 6) is 2.55. The van der Waals surface area contributed by atoms with Gasteiger partial charge in [0, 0.05) is 44.9 Å². The zero-order valence-electron chi connectivity index (χ0n) is 15.7. The Hall–Kier alpha value is -1.58. The summed E-state index contributed by atoms with van der Waals surface area (Å²) >= 11 is 0. The average Bonchev–Trinajstić information content (AvgIpc) is 3.16. The third-order valence-electron chi connectivity index (χ3n) is 3.73. The molecular weight excluding hydrogens is 431 g/mol. The lowest BCUT2D eigenvalue weighted by molar-refractivity contribution is 0.372. The van der Waals surface area contributed by atoms with Crippen LogP contribution in [-0.2, 0) is 20.0 Å². The van der Waals surface area contributed by atoms with E-state index in [9.17, 15) is 0 Å². The van der Waals surface area contributed by atoms with Crippen LogP contribution >= 0.6 is 24.0 Å². The fraction of sp³-hybridized carbons (Fsp3) is 0.588. The van der Waals surface area contributed by atoms with Crippen LogP contribution in [0.5, 0.6) is 0 Å². The maximum atomic E-state index is 5.26. The van der Waals surface area contributed by atoms with Crippen LogP contribution in [-0.4, -0.2) is 45.7 Å². The van der Waals surface area contributed by atoms with E-state index >= 15 is 0 Å². The Morgan fingerprint density at radius 1 is 1.44 bits per heavy atom. The number of hydrogen-bond acceptors (Lipinski definition) is 4. The minimum absolute atomic E-state index is 0. The molecule has 0 amide bonds. The predicted molar refractivity (Wildman–Crippen MR) is 110 cm³/mol. The van der Waals surface area contributed by atoms with Crippen molar-refractivity contribution in [2.45, 2.75) is 39.7 Å². The first-order valence-electron chi connectivity index (χ1n) is 8.43. The quantitative estimate of drug-likeness (QED) is 0.391. The van der Waals surface area contributed by atoms with Gasteiger partial charge in [-0.1, -0.05) is 19.0 Å². The first-order valence-corrected chi connectivity index (χ1v) is 8.43. The van der Waals surface area contributed by atoms with Crippen molar-refractivity contribution >= 4 is 29.9 Å². The molecular formula is C17H29IN6O. The minimum Gasteiger partial charge on any atom is -0.357 e. The van der Waals surface area contributed by atoms with Gasteiger partial charge in [0.25, 0.3) is 0 Å². The molecule has 140 valence electrons. The number of nitrogens with one attached hydrogen (secondary N) is 1. The topological polar surface area (TPSA) is 71.5 Å². The molecule has 0 fully saturated rings. The van der Waals surface area contributed by atoms with Crippen LogP contribution in [0.15, 0.2) is 27.8 Å². The Labute approximate surface area is 166 Å². The van der Waals surface area contributed by atoms with Gasteiger partial charge in [-0.3, -0.25) is 4.99 Å². The fourth-order valence-electron chi connectivity index (χ4n) is 2.31. The number of nitrogens with zero attached hydrogens (tertiary/aromatic N) is 5. The molecule has 2 aromatic rings. The largest absolute Gasteiger partial charge is 0.357 e. The molecule has 0 radical (unpaired) electrons. The van der Waals surface area contributed by atoms with Gasteiger partial charge in [0.05, 0.1) is 13.1 Å². The van der Waals surface area contributed by atoms with Crippen LogP contribution in [0.4, 0.5) is 0 Å². The van der Waals surface area contributed by atoms with E-state index in [1.807, 2.05) is 7.05 Å². The van der Waals surface area contributed by atoms with Crippen molar-refractivity contribution in [1.29, 1.82) is 0 Å². The van der Waals surface area contributed by atoms with E-state index in [0.717, 1.165) is 24.9 Å². The highest BCUT2D eigenvalue weighted by molar-refractivity contribution is 14.0. The van der Waals surface area contributed by atoms with Gasteiger partial charge >= 0.3 is 0 Å². The molecule has 0 saturated carbocycles. The smallest absolute Gasteiger partial charge is 0.228 e. The van der Waals surface area contributed by atoms with E-state index in [2.05, 4.69) is 76.1 Å².